The fraction of sp³-hybridized carbons (Fsp3) is 0.143. The average molecular weight is 382 g/mol. The van der Waals surface area contributed by atoms with Crippen molar-refractivity contribution in [2.24, 2.45) is 0 Å². The minimum absolute atomic E-state index is 0.578. The highest BCUT2D eigenvalue weighted by Gasteiger charge is 2.14. The van der Waals surface area contributed by atoms with Crippen molar-refractivity contribution >= 4 is 43.0 Å². The number of aromatic nitrogens is 2. The van der Waals surface area contributed by atoms with E-state index in [1.165, 1.54) is 11.1 Å². The van der Waals surface area contributed by atoms with Crippen LogP contribution in [0.3, 0.4) is 0 Å². The van der Waals surface area contributed by atoms with E-state index in [4.69, 9.17) is 4.42 Å². The van der Waals surface area contributed by atoms with E-state index in [2.05, 4.69) is 55.7 Å². The zero-order chi connectivity index (χ0) is 13.6. The molecule has 1 aromatic carbocycles. The summed E-state index contributed by atoms with van der Waals surface area (Å²) in [5.41, 5.74) is 4.84. The summed E-state index contributed by atoms with van der Waals surface area (Å²) in [4.78, 5) is 8.66. The van der Waals surface area contributed by atoms with E-state index in [0.29, 0.717) is 5.89 Å². The molecule has 0 amide bonds. The van der Waals surface area contributed by atoms with Gasteiger partial charge in [0.15, 0.2) is 5.58 Å². The summed E-state index contributed by atoms with van der Waals surface area (Å²) in [6, 6.07) is 3.97. The van der Waals surface area contributed by atoms with Gasteiger partial charge in [0.05, 0.1) is 10.0 Å². The topological polar surface area (TPSA) is 38.9 Å². The molecule has 0 aliphatic carbocycles. The minimum atomic E-state index is 0.578. The quantitative estimate of drug-likeness (QED) is 0.593. The monoisotopic (exact) mass is 380 g/mol. The summed E-state index contributed by atoms with van der Waals surface area (Å²) in [6.45, 7) is 4.12. The van der Waals surface area contributed by atoms with Gasteiger partial charge in [-0.1, -0.05) is 0 Å². The first kappa shape index (κ1) is 12.8. The number of oxazole rings is 1. The average Bonchev–Trinajstić information content (AvgIpc) is 2.80. The summed E-state index contributed by atoms with van der Waals surface area (Å²) >= 11 is 6.97. The van der Waals surface area contributed by atoms with Crippen LogP contribution < -0.4 is 0 Å². The van der Waals surface area contributed by atoms with Gasteiger partial charge >= 0.3 is 0 Å². The van der Waals surface area contributed by atoms with Crippen molar-refractivity contribution in [1.29, 1.82) is 0 Å². The second-order valence-electron chi connectivity index (χ2n) is 4.39. The standard InChI is InChI=1S/C14H10Br2N2O/c1-7-3-11-13(12(16)8(7)2)19-14(18-11)9-4-10(15)6-17-5-9/h3-6H,1-2H3. The molecule has 5 heteroatoms. The molecule has 3 rings (SSSR count). The van der Waals surface area contributed by atoms with Crippen LogP contribution in [0.1, 0.15) is 11.1 Å². The third-order valence-electron chi connectivity index (χ3n) is 3.08. The summed E-state index contributed by atoms with van der Waals surface area (Å²) < 4.78 is 7.72. The van der Waals surface area contributed by atoms with Crippen LogP contribution in [0.15, 0.2) is 37.9 Å². The van der Waals surface area contributed by atoms with Crippen LogP contribution in [0.2, 0.25) is 0 Å². The number of fused-ring (bicyclic) bond motifs is 1. The molecule has 0 N–H and O–H groups in total. The number of aryl methyl sites for hydroxylation is 1. The lowest BCUT2D eigenvalue weighted by Gasteiger charge is -2.01. The van der Waals surface area contributed by atoms with Crippen molar-refractivity contribution in [3.05, 3.63) is 44.6 Å². The highest BCUT2D eigenvalue weighted by Crippen LogP contribution is 2.33. The molecule has 0 bridgehead atoms. The van der Waals surface area contributed by atoms with Crippen LogP contribution >= 0.6 is 31.9 Å². The molecule has 2 aromatic heterocycles. The summed E-state index contributed by atoms with van der Waals surface area (Å²) in [6.07, 6.45) is 3.47. The van der Waals surface area contributed by atoms with E-state index in [1.54, 1.807) is 12.4 Å². The van der Waals surface area contributed by atoms with Gasteiger partial charge < -0.3 is 4.42 Å². The molecule has 0 spiro atoms. The lowest BCUT2D eigenvalue weighted by Crippen LogP contribution is -1.83. The molecular formula is C14H10Br2N2O. The predicted octanol–water partition coefficient (Wildman–Crippen LogP) is 5.03. The number of nitrogens with zero attached hydrogens (tertiary/aromatic N) is 2. The fourth-order valence-corrected chi connectivity index (χ4v) is 2.86. The van der Waals surface area contributed by atoms with Gasteiger partial charge in [-0.05, 0) is 69.0 Å². The van der Waals surface area contributed by atoms with Crippen LogP contribution in [0.25, 0.3) is 22.6 Å². The van der Waals surface area contributed by atoms with Crippen LogP contribution in [0, 0.1) is 13.8 Å². The highest BCUT2D eigenvalue weighted by atomic mass is 79.9. The van der Waals surface area contributed by atoms with Gasteiger partial charge in [-0.25, -0.2) is 4.98 Å². The molecule has 0 fully saturated rings. The zero-order valence-corrected chi connectivity index (χ0v) is 13.5. The van der Waals surface area contributed by atoms with E-state index in [-0.39, 0.29) is 0 Å². The molecule has 0 atom stereocenters. The Hall–Kier alpha value is -1.20. The van der Waals surface area contributed by atoms with E-state index < -0.39 is 0 Å². The third-order valence-corrected chi connectivity index (χ3v) is 4.47. The number of rotatable bonds is 1. The van der Waals surface area contributed by atoms with Crippen LogP contribution in [-0.2, 0) is 0 Å². The number of hydrogen-bond acceptors (Lipinski definition) is 3. The Kier molecular flexibility index (Phi) is 3.19. The van der Waals surface area contributed by atoms with E-state index in [9.17, 15) is 0 Å². The zero-order valence-electron chi connectivity index (χ0n) is 10.4. The summed E-state index contributed by atoms with van der Waals surface area (Å²) in [7, 11) is 0. The molecule has 0 saturated carbocycles. The van der Waals surface area contributed by atoms with Gasteiger partial charge in [-0.3, -0.25) is 4.98 Å². The molecule has 3 aromatic rings. The summed E-state index contributed by atoms with van der Waals surface area (Å²) in [5, 5.41) is 0. The smallest absolute Gasteiger partial charge is 0.228 e. The molecule has 0 saturated heterocycles. The van der Waals surface area contributed by atoms with Gasteiger partial charge in [0, 0.05) is 16.9 Å². The maximum Gasteiger partial charge on any atom is 0.228 e. The Balaban J connectivity index is 2.25. The van der Waals surface area contributed by atoms with Gasteiger partial charge in [-0.2, -0.15) is 0 Å². The maximum absolute atomic E-state index is 5.86. The normalized spacial score (nSPS) is 11.2. The molecular weight excluding hydrogens is 372 g/mol. The molecule has 2 heterocycles. The Morgan fingerprint density at radius 3 is 2.63 bits per heavy atom. The lowest BCUT2D eigenvalue weighted by molar-refractivity contribution is 0.617. The number of hydrogen-bond donors (Lipinski definition) is 0. The van der Waals surface area contributed by atoms with Gasteiger partial charge in [0.25, 0.3) is 0 Å². The largest absolute Gasteiger partial charge is 0.435 e. The van der Waals surface area contributed by atoms with E-state index in [1.807, 2.05) is 12.1 Å². The maximum atomic E-state index is 5.86. The lowest BCUT2D eigenvalue weighted by atomic mass is 10.1. The Morgan fingerprint density at radius 2 is 1.89 bits per heavy atom. The third kappa shape index (κ3) is 2.21. The molecule has 0 aliphatic rings. The van der Waals surface area contributed by atoms with Gasteiger partial charge in [-0.15, -0.1) is 0 Å². The van der Waals surface area contributed by atoms with Crippen molar-refractivity contribution in [3.8, 4) is 11.5 Å². The van der Waals surface area contributed by atoms with Gasteiger partial charge in [0.1, 0.15) is 5.52 Å². The molecule has 96 valence electrons. The van der Waals surface area contributed by atoms with Crippen molar-refractivity contribution in [2.75, 3.05) is 0 Å². The molecule has 3 nitrogen and oxygen atoms in total. The van der Waals surface area contributed by atoms with Crippen molar-refractivity contribution < 1.29 is 4.42 Å². The second-order valence-corrected chi connectivity index (χ2v) is 6.10. The first-order valence-corrected chi connectivity index (χ1v) is 7.32. The number of benzene rings is 1. The molecule has 0 unspecified atom stereocenters. The Labute approximate surface area is 127 Å². The minimum Gasteiger partial charge on any atom is -0.435 e. The molecule has 0 aliphatic heterocycles. The van der Waals surface area contributed by atoms with Crippen LogP contribution in [0.4, 0.5) is 0 Å². The first-order chi connectivity index (χ1) is 9.06. The Bertz CT molecular complexity index is 780. The van der Waals surface area contributed by atoms with E-state index >= 15 is 0 Å². The Morgan fingerprint density at radius 1 is 1.11 bits per heavy atom. The number of pyridine rings is 1. The second kappa shape index (κ2) is 4.72. The molecule has 19 heavy (non-hydrogen) atoms. The predicted molar refractivity (Wildman–Crippen MR) is 82.1 cm³/mol. The van der Waals surface area contributed by atoms with Crippen LogP contribution in [0.5, 0.6) is 0 Å². The van der Waals surface area contributed by atoms with Crippen molar-refractivity contribution in [3.63, 3.8) is 0 Å². The first-order valence-electron chi connectivity index (χ1n) is 5.73. The van der Waals surface area contributed by atoms with Crippen molar-refractivity contribution in [1.82, 2.24) is 9.97 Å². The van der Waals surface area contributed by atoms with Crippen LogP contribution in [-0.4, -0.2) is 9.97 Å². The molecule has 0 radical (unpaired) electrons. The number of halogens is 2. The summed E-state index contributed by atoms with van der Waals surface area (Å²) in [5.74, 6) is 0.578. The van der Waals surface area contributed by atoms with Crippen molar-refractivity contribution in [2.45, 2.75) is 13.8 Å². The fourth-order valence-electron chi connectivity index (χ4n) is 1.90. The van der Waals surface area contributed by atoms with Gasteiger partial charge in [0.2, 0.25) is 5.89 Å². The van der Waals surface area contributed by atoms with E-state index in [0.717, 1.165) is 25.6 Å². The highest BCUT2D eigenvalue weighted by molar-refractivity contribution is 9.11. The SMILES string of the molecule is Cc1cc2nc(-c3cncc(Br)c3)oc2c(Br)c1C.